The predicted octanol–water partition coefficient (Wildman–Crippen LogP) is 2.40. The number of benzene rings is 1. The zero-order valence-electron chi connectivity index (χ0n) is 9.71. The van der Waals surface area contributed by atoms with Crippen molar-refractivity contribution in [3.63, 3.8) is 0 Å². The summed E-state index contributed by atoms with van der Waals surface area (Å²) in [5.74, 6) is -0.268. The van der Waals surface area contributed by atoms with E-state index in [1.54, 1.807) is 4.57 Å². The van der Waals surface area contributed by atoms with E-state index in [-0.39, 0.29) is 11.3 Å². The highest BCUT2D eigenvalue weighted by molar-refractivity contribution is 5.67. The molecule has 0 spiro atoms. The molecule has 1 heterocycles. The first-order valence-corrected chi connectivity index (χ1v) is 5.45. The predicted molar refractivity (Wildman–Crippen MR) is 62.4 cm³/mol. The van der Waals surface area contributed by atoms with Gasteiger partial charge in [-0.05, 0) is 18.6 Å². The Labute approximate surface area is 102 Å². The molecule has 0 aliphatic heterocycles. The molecule has 0 atom stereocenters. The third kappa shape index (κ3) is 2.20. The van der Waals surface area contributed by atoms with Crippen LogP contribution >= 0.6 is 0 Å². The number of hydrogen-bond acceptors (Lipinski definition) is 4. The molecule has 0 saturated carbocycles. The number of nitrogens with zero attached hydrogens (tertiary/aromatic N) is 4. The highest BCUT2D eigenvalue weighted by atomic mass is 19.1. The summed E-state index contributed by atoms with van der Waals surface area (Å²) in [7, 11) is 0. The summed E-state index contributed by atoms with van der Waals surface area (Å²) in [6, 6.07) is 3.41. The maximum atomic E-state index is 13.1. The molecule has 0 amide bonds. The highest BCUT2D eigenvalue weighted by Crippen LogP contribution is 2.28. The molecule has 0 bridgehead atoms. The van der Waals surface area contributed by atoms with Crippen LogP contribution in [0.4, 0.5) is 10.1 Å². The molecule has 1 aromatic carbocycles. The maximum Gasteiger partial charge on any atom is 0.283 e. The molecule has 0 unspecified atom stereocenters. The SMILES string of the molecule is CCCn1cnnc1-c1ccc(F)cc1[N+](=O)[O-]. The second-order valence-electron chi connectivity index (χ2n) is 3.77. The molecule has 1 aromatic heterocycles. The van der Waals surface area contributed by atoms with Gasteiger partial charge in [-0.15, -0.1) is 10.2 Å². The van der Waals surface area contributed by atoms with E-state index in [1.165, 1.54) is 18.5 Å². The Kier molecular flexibility index (Phi) is 3.31. The number of nitro groups is 1. The number of halogens is 1. The van der Waals surface area contributed by atoms with E-state index in [9.17, 15) is 14.5 Å². The van der Waals surface area contributed by atoms with E-state index < -0.39 is 10.7 Å². The molecular formula is C11H11FN4O2. The zero-order valence-corrected chi connectivity index (χ0v) is 9.71. The number of rotatable bonds is 4. The van der Waals surface area contributed by atoms with Gasteiger partial charge in [0.25, 0.3) is 5.69 Å². The van der Waals surface area contributed by atoms with Gasteiger partial charge in [-0.1, -0.05) is 6.92 Å². The molecule has 0 fully saturated rings. The van der Waals surface area contributed by atoms with Crippen molar-refractivity contribution >= 4 is 5.69 Å². The van der Waals surface area contributed by atoms with Crippen LogP contribution in [0, 0.1) is 15.9 Å². The van der Waals surface area contributed by atoms with Crippen molar-refractivity contribution in [1.29, 1.82) is 0 Å². The monoisotopic (exact) mass is 250 g/mol. The Morgan fingerprint density at radius 2 is 2.28 bits per heavy atom. The van der Waals surface area contributed by atoms with Crippen LogP contribution in [0.5, 0.6) is 0 Å². The fourth-order valence-corrected chi connectivity index (χ4v) is 1.71. The van der Waals surface area contributed by atoms with Gasteiger partial charge in [0, 0.05) is 6.54 Å². The van der Waals surface area contributed by atoms with Crippen LogP contribution in [0.2, 0.25) is 0 Å². The zero-order chi connectivity index (χ0) is 13.1. The molecular weight excluding hydrogens is 239 g/mol. The average Bonchev–Trinajstić information content (AvgIpc) is 2.77. The lowest BCUT2D eigenvalue weighted by Crippen LogP contribution is -2.01. The van der Waals surface area contributed by atoms with Gasteiger partial charge in [0.15, 0.2) is 5.82 Å². The second kappa shape index (κ2) is 4.91. The van der Waals surface area contributed by atoms with Crippen LogP contribution < -0.4 is 0 Å². The highest BCUT2D eigenvalue weighted by Gasteiger charge is 2.20. The molecule has 0 radical (unpaired) electrons. The van der Waals surface area contributed by atoms with Crippen LogP contribution in [-0.2, 0) is 6.54 Å². The van der Waals surface area contributed by atoms with Gasteiger partial charge in [-0.2, -0.15) is 0 Å². The van der Waals surface area contributed by atoms with Crippen molar-refractivity contribution in [1.82, 2.24) is 14.8 Å². The first kappa shape index (κ1) is 12.2. The fraction of sp³-hybridized carbons (Fsp3) is 0.273. The van der Waals surface area contributed by atoms with E-state index in [0.29, 0.717) is 12.4 Å². The van der Waals surface area contributed by atoms with Gasteiger partial charge < -0.3 is 4.57 Å². The Morgan fingerprint density at radius 1 is 1.50 bits per heavy atom. The normalized spacial score (nSPS) is 10.6. The lowest BCUT2D eigenvalue weighted by Gasteiger charge is -2.05. The molecule has 0 saturated heterocycles. The van der Waals surface area contributed by atoms with Crippen LogP contribution in [0.1, 0.15) is 13.3 Å². The number of nitro benzene ring substituents is 1. The minimum Gasteiger partial charge on any atom is -0.313 e. The van der Waals surface area contributed by atoms with Crippen molar-refractivity contribution in [2.24, 2.45) is 0 Å². The van der Waals surface area contributed by atoms with Gasteiger partial charge in [0.2, 0.25) is 0 Å². The lowest BCUT2D eigenvalue weighted by molar-refractivity contribution is -0.384. The molecule has 2 aromatic rings. The van der Waals surface area contributed by atoms with Gasteiger partial charge in [0.1, 0.15) is 12.1 Å². The van der Waals surface area contributed by atoms with Crippen LogP contribution in [-0.4, -0.2) is 19.7 Å². The summed E-state index contributed by atoms with van der Waals surface area (Å²) < 4.78 is 14.8. The molecule has 7 heteroatoms. The lowest BCUT2D eigenvalue weighted by atomic mass is 10.1. The molecule has 0 aliphatic carbocycles. The molecule has 18 heavy (non-hydrogen) atoms. The Bertz CT molecular complexity index is 582. The number of aryl methyl sites for hydroxylation is 1. The molecule has 2 rings (SSSR count). The topological polar surface area (TPSA) is 73.8 Å². The summed E-state index contributed by atoms with van der Waals surface area (Å²) in [6.45, 7) is 2.62. The van der Waals surface area contributed by atoms with Gasteiger partial charge in [-0.3, -0.25) is 10.1 Å². The van der Waals surface area contributed by atoms with E-state index in [1.807, 2.05) is 6.92 Å². The van der Waals surface area contributed by atoms with Gasteiger partial charge in [-0.25, -0.2) is 4.39 Å². The van der Waals surface area contributed by atoms with Crippen molar-refractivity contribution in [3.05, 3.63) is 40.5 Å². The van der Waals surface area contributed by atoms with Crippen molar-refractivity contribution in [2.45, 2.75) is 19.9 Å². The smallest absolute Gasteiger partial charge is 0.283 e. The number of hydrogen-bond donors (Lipinski definition) is 0. The number of aromatic nitrogens is 3. The second-order valence-corrected chi connectivity index (χ2v) is 3.77. The maximum absolute atomic E-state index is 13.1. The third-order valence-electron chi connectivity index (χ3n) is 2.48. The van der Waals surface area contributed by atoms with E-state index in [4.69, 9.17) is 0 Å². The average molecular weight is 250 g/mol. The Morgan fingerprint density at radius 3 is 2.94 bits per heavy atom. The van der Waals surface area contributed by atoms with Crippen LogP contribution in [0.3, 0.4) is 0 Å². The van der Waals surface area contributed by atoms with E-state index >= 15 is 0 Å². The molecule has 6 nitrogen and oxygen atoms in total. The summed E-state index contributed by atoms with van der Waals surface area (Å²) in [5.41, 5.74) is -0.0345. The van der Waals surface area contributed by atoms with Gasteiger partial charge >= 0.3 is 0 Å². The van der Waals surface area contributed by atoms with Crippen molar-refractivity contribution < 1.29 is 9.31 Å². The van der Waals surface area contributed by atoms with Crippen LogP contribution in [0.15, 0.2) is 24.5 Å². The summed E-state index contributed by atoms with van der Waals surface area (Å²) in [5, 5.41) is 18.5. The standard InChI is InChI=1S/C11H11FN4O2/c1-2-5-15-7-13-14-11(15)9-4-3-8(12)6-10(9)16(17)18/h3-4,6-7H,2,5H2,1H3. The quantitative estimate of drug-likeness (QED) is 0.616. The summed E-state index contributed by atoms with van der Waals surface area (Å²) >= 11 is 0. The first-order chi connectivity index (χ1) is 8.63. The minimum absolute atomic E-state index is 0.271. The molecule has 94 valence electrons. The van der Waals surface area contributed by atoms with E-state index in [0.717, 1.165) is 12.5 Å². The van der Waals surface area contributed by atoms with Crippen molar-refractivity contribution in [2.75, 3.05) is 0 Å². The van der Waals surface area contributed by atoms with Gasteiger partial charge in [0.05, 0.1) is 16.6 Å². The molecule has 0 aliphatic rings. The Hall–Kier alpha value is -2.31. The molecule has 0 N–H and O–H groups in total. The largest absolute Gasteiger partial charge is 0.313 e. The van der Waals surface area contributed by atoms with E-state index in [2.05, 4.69) is 10.2 Å². The minimum atomic E-state index is -0.646. The Balaban J connectivity index is 2.56. The summed E-state index contributed by atoms with van der Waals surface area (Å²) in [6.07, 6.45) is 2.35. The first-order valence-electron chi connectivity index (χ1n) is 5.45. The summed E-state index contributed by atoms with van der Waals surface area (Å²) in [4.78, 5) is 10.3. The van der Waals surface area contributed by atoms with Crippen molar-refractivity contribution in [3.8, 4) is 11.4 Å². The van der Waals surface area contributed by atoms with Crippen LogP contribution in [0.25, 0.3) is 11.4 Å². The third-order valence-corrected chi connectivity index (χ3v) is 2.48. The fourth-order valence-electron chi connectivity index (χ4n) is 1.71.